The van der Waals surface area contributed by atoms with Gasteiger partial charge in [0.1, 0.15) is 11.6 Å². The SMILES string of the molecule is CN=C1NC(C)(O)CC1(C)C. The molecule has 2 N–H and O–H groups in total. The van der Waals surface area contributed by atoms with Gasteiger partial charge in [0.15, 0.2) is 0 Å². The molecule has 1 saturated heterocycles. The van der Waals surface area contributed by atoms with Crippen molar-refractivity contribution >= 4 is 5.84 Å². The third-order valence-corrected chi connectivity index (χ3v) is 2.04. The summed E-state index contributed by atoms with van der Waals surface area (Å²) in [7, 11) is 1.74. The molecule has 0 aliphatic carbocycles. The molecule has 3 nitrogen and oxygen atoms in total. The van der Waals surface area contributed by atoms with Crippen molar-refractivity contribution < 1.29 is 5.11 Å². The number of aliphatic imine (C=N–C) groups is 1. The van der Waals surface area contributed by atoms with Gasteiger partial charge >= 0.3 is 0 Å². The van der Waals surface area contributed by atoms with Crippen LogP contribution in [0.5, 0.6) is 0 Å². The van der Waals surface area contributed by atoms with E-state index in [9.17, 15) is 5.11 Å². The van der Waals surface area contributed by atoms with Gasteiger partial charge in [-0.05, 0) is 6.92 Å². The Bertz CT molecular complexity index is 194. The molecule has 0 aromatic heterocycles. The molecule has 1 aliphatic rings. The van der Waals surface area contributed by atoms with Crippen molar-refractivity contribution in [1.82, 2.24) is 5.32 Å². The Hall–Kier alpha value is -0.570. The van der Waals surface area contributed by atoms with Gasteiger partial charge in [0.05, 0.1) is 0 Å². The van der Waals surface area contributed by atoms with E-state index in [2.05, 4.69) is 24.2 Å². The van der Waals surface area contributed by atoms with Crippen LogP contribution in [0.2, 0.25) is 0 Å². The van der Waals surface area contributed by atoms with Gasteiger partial charge in [-0.15, -0.1) is 0 Å². The van der Waals surface area contributed by atoms with Crippen LogP contribution in [-0.4, -0.2) is 23.7 Å². The fraction of sp³-hybridized carbons (Fsp3) is 0.875. The second kappa shape index (κ2) is 2.21. The van der Waals surface area contributed by atoms with E-state index >= 15 is 0 Å². The predicted molar refractivity (Wildman–Crippen MR) is 45.5 cm³/mol. The molecule has 0 amide bonds. The molecule has 0 aromatic carbocycles. The second-order valence-corrected chi connectivity index (χ2v) is 4.03. The summed E-state index contributed by atoms with van der Waals surface area (Å²) in [5, 5.41) is 12.6. The molecule has 1 rings (SSSR count). The van der Waals surface area contributed by atoms with Crippen molar-refractivity contribution in [3.8, 4) is 0 Å². The number of nitrogens with one attached hydrogen (secondary N) is 1. The first-order chi connectivity index (χ1) is 4.87. The maximum atomic E-state index is 9.64. The minimum absolute atomic E-state index is 0.0156. The average molecular weight is 156 g/mol. The first-order valence-electron chi connectivity index (χ1n) is 3.85. The van der Waals surface area contributed by atoms with E-state index < -0.39 is 5.72 Å². The van der Waals surface area contributed by atoms with Crippen LogP contribution in [0.4, 0.5) is 0 Å². The highest BCUT2D eigenvalue weighted by Crippen LogP contribution is 2.33. The summed E-state index contributed by atoms with van der Waals surface area (Å²) in [6.07, 6.45) is 0.715. The number of hydrogen-bond donors (Lipinski definition) is 2. The lowest BCUT2D eigenvalue weighted by Gasteiger charge is -2.17. The van der Waals surface area contributed by atoms with E-state index in [4.69, 9.17) is 0 Å². The second-order valence-electron chi connectivity index (χ2n) is 4.03. The monoisotopic (exact) mass is 156 g/mol. The summed E-state index contributed by atoms with van der Waals surface area (Å²) in [5.41, 5.74) is -0.795. The van der Waals surface area contributed by atoms with Crippen LogP contribution < -0.4 is 5.32 Å². The van der Waals surface area contributed by atoms with E-state index in [-0.39, 0.29) is 5.41 Å². The molecular formula is C8H16N2O. The first-order valence-corrected chi connectivity index (χ1v) is 3.85. The van der Waals surface area contributed by atoms with Crippen LogP contribution in [0.1, 0.15) is 27.2 Å². The fourth-order valence-corrected chi connectivity index (χ4v) is 1.77. The Morgan fingerprint density at radius 3 is 2.18 bits per heavy atom. The normalized spacial score (nSPS) is 39.2. The van der Waals surface area contributed by atoms with Crippen molar-refractivity contribution in [1.29, 1.82) is 0 Å². The largest absolute Gasteiger partial charge is 0.371 e. The number of rotatable bonds is 0. The lowest BCUT2D eigenvalue weighted by atomic mass is 9.88. The van der Waals surface area contributed by atoms with Crippen LogP contribution in [-0.2, 0) is 0 Å². The Kier molecular flexibility index (Phi) is 1.71. The summed E-state index contributed by atoms with van der Waals surface area (Å²) in [5.74, 6) is 0.891. The molecule has 0 radical (unpaired) electrons. The van der Waals surface area contributed by atoms with Gasteiger partial charge in [-0.2, -0.15) is 0 Å². The van der Waals surface area contributed by atoms with Crippen molar-refractivity contribution in [2.24, 2.45) is 10.4 Å². The smallest absolute Gasteiger partial charge is 0.134 e. The quantitative estimate of drug-likeness (QED) is 0.543. The van der Waals surface area contributed by atoms with E-state index in [0.29, 0.717) is 6.42 Å². The molecule has 0 aromatic rings. The molecule has 0 saturated carbocycles. The zero-order valence-corrected chi connectivity index (χ0v) is 7.60. The van der Waals surface area contributed by atoms with Crippen LogP contribution in [0.25, 0.3) is 0 Å². The Balaban J connectivity index is 2.89. The number of amidine groups is 1. The van der Waals surface area contributed by atoms with Gasteiger partial charge in [0.2, 0.25) is 0 Å². The maximum Gasteiger partial charge on any atom is 0.134 e. The summed E-state index contributed by atoms with van der Waals surface area (Å²) >= 11 is 0. The van der Waals surface area contributed by atoms with E-state index in [1.165, 1.54) is 0 Å². The number of nitrogens with zero attached hydrogens (tertiary/aromatic N) is 1. The van der Waals surface area contributed by atoms with Crippen molar-refractivity contribution in [3.05, 3.63) is 0 Å². The molecule has 3 heteroatoms. The standard InChI is InChI=1S/C8H16N2O/c1-7(2)5-8(3,11)10-6(7)9-4/h11H,5H2,1-4H3,(H,9,10). The molecular weight excluding hydrogens is 140 g/mol. The van der Waals surface area contributed by atoms with E-state index in [1.807, 2.05) is 0 Å². The van der Waals surface area contributed by atoms with E-state index in [0.717, 1.165) is 5.84 Å². The molecule has 1 aliphatic heterocycles. The molecule has 1 fully saturated rings. The van der Waals surface area contributed by atoms with Crippen LogP contribution >= 0.6 is 0 Å². The molecule has 1 heterocycles. The molecule has 1 atom stereocenters. The van der Waals surface area contributed by atoms with Crippen molar-refractivity contribution in [2.75, 3.05) is 7.05 Å². The van der Waals surface area contributed by atoms with Crippen LogP contribution in [0.15, 0.2) is 4.99 Å². The highest BCUT2D eigenvalue weighted by molar-refractivity contribution is 5.90. The average Bonchev–Trinajstić information content (AvgIpc) is 1.99. The predicted octanol–water partition coefficient (Wildman–Crippen LogP) is 0.743. The summed E-state index contributed by atoms with van der Waals surface area (Å²) < 4.78 is 0. The van der Waals surface area contributed by atoms with Gasteiger partial charge in [0, 0.05) is 18.9 Å². The summed E-state index contributed by atoms with van der Waals surface area (Å²) in [4.78, 5) is 4.08. The van der Waals surface area contributed by atoms with Gasteiger partial charge in [-0.25, -0.2) is 0 Å². The summed E-state index contributed by atoms with van der Waals surface area (Å²) in [6.45, 7) is 5.92. The third-order valence-electron chi connectivity index (χ3n) is 2.04. The summed E-state index contributed by atoms with van der Waals surface area (Å²) in [6, 6.07) is 0. The highest BCUT2D eigenvalue weighted by atomic mass is 16.3. The molecule has 64 valence electrons. The lowest BCUT2D eigenvalue weighted by Crippen LogP contribution is -2.38. The molecule has 0 bridgehead atoms. The Morgan fingerprint density at radius 1 is 1.45 bits per heavy atom. The first kappa shape index (κ1) is 8.53. The van der Waals surface area contributed by atoms with Gasteiger partial charge < -0.3 is 10.4 Å². The zero-order valence-electron chi connectivity index (χ0n) is 7.60. The third kappa shape index (κ3) is 1.53. The Labute approximate surface area is 67.5 Å². The van der Waals surface area contributed by atoms with Gasteiger partial charge in [-0.1, -0.05) is 13.8 Å². The minimum atomic E-state index is -0.779. The van der Waals surface area contributed by atoms with Crippen molar-refractivity contribution in [3.63, 3.8) is 0 Å². The Morgan fingerprint density at radius 2 is 2.00 bits per heavy atom. The zero-order chi connectivity index (χ0) is 8.70. The van der Waals surface area contributed by atoms with Crippen LogP contribution in [0, 0.1) is 5.41 Å². The molecule has 0 spiro atoms. The molecule has 1 unspecified atom stereocenters. The maximum absolute atomic E-state index is 9.64. The van der Waals surface area contributed by atoms with Crippen LogP contribution in [0.3, 0.4) is 0 Å². The number of hydrogen-bond acceptors (Lipinski definition) is 2. The van der Waals surface area contributed by atoms with Crippen molar-refractivity contribution in [2.45, 2.75) is 32.9 Å². The van der Waals surface area contributed by atoms with Gasteiger partial charge in [0.25, 0.3) is 0 Å². The highest BCUT2D eigenvalue weighted by Gasteiger charge is 2.42. The van der Waals surface area contributed by atoms with E-state index in [1.54, 1.807) is 14.0 Å². The fourth-order valence-electron chi connectivity index (χ4n) is 1.77. The van der Waals surface area contributed by atoms with Gasteiger partial charge in [-0.3, -0.25) is 4.99 Å². The topological polar surface area (TPSA) is 44.6 Å². The minimum Gasteiger partial charge on any atom is -0.371 e. The number of aliphatic hydroxyl groups is 1. The molecule has 11 heavy (non-hydrogen) atoms. The lowest BCUT2D eigenvalue weighted by molar-refractivity contribution is 0.0384.